The molecular weight excluding hydrogens is 408 g/mol. The molecule has 2 aromatic heterocycles. The zero-order valence-electron chi connectivity index (χ0n) is 15.6. The average molecular weight is 428 g/mol. The molecule has 0 fully saturated rings. The maximum absolute atomic E-state index is 11.2. The molecule has 0 spiro atoms. The number of imidazole rings is 2. The Balaban J connectivity index is 0.000000300. The van der Waals surface area contributed by atoms with Gasteiger partial charge in [0.25, 0.3) is 11.8 Å². The van der Waals surface area contributed by atoms with Gasteiger partial charge in [0.2, 0.25) is 0 Å². The summed E-state index contributed by atoms with van der Waals surface area (Å²) in [5.41, 5.74) is 0. The number of rotatable bonds is 10. The number of aliphatic hydroxyl groups excluding tert-OH is 2. The Kier molecular flexibility index (Phi) is 10.1. The van der Waals surface area contributed by atoms with Crippen LogP contribution in [0.25, 0.3) is 0 Å². The van der Waals surface area contributed by atoms with Crippen LogP contribution >= 0.6 is 0 Å². The Morgan fingerprint density at radius 1 is 0.867 bits per heavy atom. The molecule has 16 nitrogen and oxygen atoms in total. The first-order valence-electron chi connectivity index (χ1n) is 8.36. The van der Waals surface area contributed by atoms with Gasteiger partial charge in [0.15, 0.2) is 13.1 Å². The number of amides is 2. The van der Waals surface area contributed by atoms with Crippen molar-refractivity contribution in [2.24, 2.45) is 0 Å². The van der Waals surface area contributed by atoms with Gasteiger partial charge in [0.05, 0.1) is 13.2 Å². The lowest BCUT2D eigenvalue weighted by Crippen LogP contribution is -2.30. The van der Waals surface area contributed by atoms with Gasteiger partial charge in [-0.1, -0.05) is 9.97 Å². The summed E-state index contributed by atoms with van der Waals surface area (Å²) in [6.07, 6.45) is 5.18. The third kappa shape index (κ3) is 7.98. The fraction of sp³-hybridized carbons (Fsp3) is 0.429. The van der Waals surface area contributed by atoms with E-state index in [0.29, 0.717) is 0 Å². The van der Waals surface area contributed by atoms with Gasteiger partial charge < -0.3 is 41.1 Å². The minimum Gasteiger partial charge on any atom is -0.395 e. The first-order chi connectivity index (χ1) is 14.3. The summed E-state index contributed by atoms with van der Waals surface area (Å²) in [5.74, 6) is -1.58. The van der Waals surface area contributed by atoms with Crippen molar-refractivity contribution in [1.82, 2.24) is 29.7 Å². The van der Waals surface area contributed by atoms with Gasteiger partial charge in [0, 0.05) is 13.1 Å². The zero-order valence-corrected chi connectivity index (χ0v) is 15.6. The normalized spacial score (nSPS) is 9.93. The highest BCUT2D eigenvalue weighted by Crippen LogP contribution is 2.07. The van der Waals surface area contributed by atoms with E-state index in [1.165, 1.54) is 24.8 Å². The summed E-state index contributed by atoms with van der Waals surface area (Å²) >= 11 is 0. The van der Waals surface area contributed by atoms with Crippen LogP contribution in [0.5, 0.6) is 0 Å². The van der Waals surface area contributed by atoms with Crippen LogP contribution in [0, 0.1) is 20.2 Å². The number of hydrogen-bond donors (Lipinski definition) is 4. The van der Waals surface area contributed by atoms with Crippen LogP contribution in [0.15, 0.2) is 24.8 Å². The van der Waals surface area contributed by atoms with Gasteiger partial charge in [-0.3, -0.25) is 9.59 Å². The van der Waals surface area contributed by atoms with Crippen LogP contribution in [0.2, 0.25) is 0 Å². The number of carbonyl (C=O) groups excluding carboxylic acids is 2. The van der Waals surface area contributed by atoms with Crippen LogP contribution in [0.1, 0.15) is 0 Å². The van der Waals surface area contributed by atoms with Crippen molar-refractivity contribution in [2.75, 3.05) is 26.3 Å². The number of hydrogen-bond acceptors (Lipinski definition) is 10. The molecule has 0 aromatic carbocycles. The minimum absolute atomic E-state index is 0.126. The fourth-order valence-electron chi connectivity index (χ4n) is 2.01. The van der Waals surface area contributed by atoms with Gasteiger partial charge in [-0.25, -0.2) is 9.13 Å². The van der Waals surface area contributed by atoms with E-state index < -0.39 is 21.7 Å². The molecule has 2 rings (SSSR count). The molecule has 0 bridgehead atoms. The number of nitro groups is 2. The van der Waals surface area contributed by atoms with Crippen molar-refractivity contribution >= 4 is 23.7 Å². The van der Waals surface area contributed by atoms with E-state index >= 15 is 0 Å². The quantitative estimate of drug-likeness (QED) is 0.236. The highest BCUT2D eigenvalue weighted by atomic mass is 16.6. The summed E-state index contributed by atoms with van der Waals surface area (Å²) in [7, 11) is 0. The number of carbonyl (C=O) groups is 2. The summed E-state index contributed by atoms with van der Waals surface area (Å²) in [6.45, 7) is -0.454. The second-order valence-corrected chi connectivity index (χ2v) is 5.37. The summed E-state index contributed by atoms with van der Waals surface area (Å²) < 4.78 is 2.24. The first-order valence-corrected chi connectivity index (χ1v) is 8.36. The van der Waals surface area contributed by atoms with Gasteiger partial charge in [-0.05, 0) is 9.85 Å². The number of nitrogens with one attached hydrogen (secondary N) is 2. The Morgan fingerprint density at radius 2 is 1.23 bits per heavy atom. The summed E-state index contributed by atoms with van der Waals surface area (Å²) in [6, 6.07) is 0. The number of aromatic nitrogens is 4. The van der Waals surface area contributed by atoms with Crippen LogP contribution in [0.3, 0.4) is 0 Å². The van der Waals surface area contributed by atoms with Gasteiger partial charge in [0.1, 0.15) is 24.8 Å². The summed E-state index contributed by atoms with van der Waals surface area (Å²) in [5, 5.41) is 42.5. The molecule has 30 heavy (non-hydrogen) atoms. The van der Waals surface area contributed by atoms with Crippen molar-refractivity contribution in [1.29, 1.82) is 0 Å². The van der Waals surface area contributed by atoms with Crippen LogP contribution in [0.4, 0.5) is 11.9 Å². The highest BCUT2D eigenvalue weighted by Gasteiger charge is 2.17. The van der Waals surface area contributed by atoms with Gasteiger partial charge in [-0.15, -0.1) is 0 Å². The molecule has 4 N–H and O–H groups in total. The molecule has 2 aromatic rings. The molecule has 0 unspecified atom stereocenters. The molecular formula is C14H20N8O8. The summed E-state index contributed by atoms with van der Waals surface area (Å²) in [4.78, 5) is 48.8. The Bertz CT molecular complexity index is 794. The lowest BCUT2D eigenvalue weighted by Gasteiger charge is -2.02. The van der Waals surface area contributed by atoms with E-state index in [1.807, 2.05) is 0 Å². The third-order valence-corrected chi connectivity index (χ3v) is 3.21. The second kappa shape index (κ2) is 12.5. The van der Waals surface area contributed by atoms with Crippen molar-refractivity contribution in [3.05, 3.63) is 45.0 Å². The monoisotopic (exact) mass is 428 g/mol. The van der Waals surface area contributed by atoms with Crippen molar-refractivity contribution in [2.45, 2.75) is 13.1 Å². The smallest absolute Gasteiger partial charge is 0.395 e. The Labute approximate surface area is 168 Å². The maximum Gasteiger partial charge on any atom is 0.435 e. The standard InChI is InChI=1S/2C7H10N4O4/c2*12-4-2-8-6(13)5-10-3-1-9-7(10)11(14)15/h2*1,3,12H,2,4-5H2,(H,8,13). The molecule has 0 saturated heterocycles. The van der Waals surface area contributed by atoms with E-state index in [1.54, 1.807) is 0 Å². The van der Waals surface area contributed by atoms with E-state index in [-0.39, 0.29) is 51.3 Å². The SMILES string of the molecule is O=C(Cn1ccnc1[N+](=O)[O-])NCCO.O=C(Cn1ccnc1[N+](=O)[O-])NCCO. The van der Waals surface area contributed by atoms with Crippen molar-refractivity contribution < 1.29 is 29.6 Å². The van der Waals surface area contributed by atoms with Crippen LogP contribution in [-0.2, 0) is 22.7 Å². The molecule has 0 atom stereocenters. The average Bonchev–Trinajstić information content (AvgIpc) is 3.34. The molecule has 2 amide bonds. The fourth-order valence-corrected chi connectivity index (χ4v) is 2.01. The Morgan fingerprint density at radius 3 is 1.53 bits per heavy atom. The molecule has 0 radical (unpaired) electrons. The first kappa shape index (κ1) is 24.1. The van der Waals surface area contributed by atoms with Crippen LogP contribution < -0.4 is 10.6 Å². The third-order valence-electron chi connectivity index (χ3n) is 3.21. The molecule has 2 heterocycles. The molecule has 16 heteroatoms. The van der Waals surface area contributed by atoms with E-state index in [9.17, 15) is 29.8 Å². The van der Waals surface area contributed by atoms with E-state index in [0.717, 1.165) is 9.13 Å². The highest BCUT2D eigenvalue weighted by molar-refractivity contribution is 5.76. The van der Waals surface area contributed by atoms with Gasteiger partial charge in [-0.2, -0.15) is 0 Å². The molecule has 0 aliphatic rings. The predicted octanol–water partition coefficient (Wildman–Crippen LogP) is -2.20. The van der Waals surface area contributed by atoms with Crippen molar-refractivity contribution in [3.8, 4) is 0 Å². The van der Waals surface area contributed by atoms with Gasteiger partial charge >= 0.3 is 11.9 Å². The molecule has 0 aliphatic carbocycles. The molecule has 164 valence electrons. The molecule has 0 saturated carbocycles. The van der Waals surface area contributed by atoms with Crippen LogP contribution in [-0.4, -0.2) is 77.3 Å². The molecule has 0 aliphatic heterocycles. The van der Waals surface area contributed by atoms with E-state index in [4.69, 9.17) is 10.2 Å². The van der Waals surface area contributed by atoms with Crippen molar-refractivity contribution in [3.63, 3.8) is 0 Å². The zero-order chi connectivity index (χ0) is 22.5. The topological polar surface area (TPSA) is 221 Å². The second-order valence-electron chi connectivity index (χ2n) is 5.37. The maximum atomic E-state index is 11.2. The Hall–Kier alpha value is -3.92. The number of nitrogens with zero attached hydrogens (tertiary/aromatic N) is 6. The predicted molar refractivity (Wildman–Crippen MR) is 98.0 cm³/mol. The minimum atomic E-state index is -0.667. The largest absolute Gasteiger partial charge is 0.435 e. The lowest BCUT2D eigenvalue weighted by molar-refractivity contribution is -0.396. The van der Waals surface area contributed by atoms with E-state index in [2.05, 4.69) is 20.6 Å². The number of aliphatic hydroxyl groups is 2. The lowest BCUT2D eigenvalue weighted by atomic mass is 10.5.